The molecule has 0 saturated heterocycles. The quantitative estimate of drug-likeness (QED) is 0.326. The third-order valence-corrected chi connectivity index (χ3v) is 8.06. The molecule has 0 saturated carbocycles. The summed E-state index contributed by atoms with van der Waals surface area (Å²) in [6.07, 6.45) is 1.35. The second-order valence-corrected chi connectivity index (χ2v) is 10.5. The van der Waals surface area contributed by atoms with Crippen LogP contribution in [0.15, 0.2) is 83.0 Å². The Morgan fingerprint density at radius 3 is 2.29 bits per heavy atom. The molecule has 5 rings (SSSR count). The lowest BCUT2D eigenvalue weighted by atomic mass is 9.69. The Labute approximate surface area is 245 Å². The lowest BCUT2D eigenvalue weighted by Gasteiger charge is -2.36. The molecule has 1 aliphatic carbocycles. The maximum atomic E-state index is 14.0. The molecule has 0 radical (unpaired) electrons. The van der Waals surface area contributed by atoms with Crippen LogP contribution in [0.5, 0.6) is 23.0 Å². The van der Waals surface area contributed by atoms with Crippen LogP contribution in [0.2, 0.25) is 0 Å². The summed E-state index contributed by atoms with van der Waals surface area (Å²) in [5, 5.41) is 10.3. The van der Waals surface area contributed by atoms with Gasteiger partial charge in [-0.15, -0.1) is 0 Å². The van der Waals surface area contributed by atoms with Crippen LogP contribution >= 0.6 is 0 Å². The summed E-state index contributed by atoms with van der Waals surface area (Å²) in [6.45, 7) is 2.02. The molecule has 2 aliphatic rings. The Kier molecular flexibility index (Phi) is 8.61. The van der Waals surface area contributed by atoms with Gasteiger partial charge in [-0.25, -0.2) is 0 Å². The number of carbonyl (C=O) groups excluding carboxylic acids is 2. The number of Topliss-reactive ketones (excluding diaryl/α,β-unsaturated/α-hetero) is 1. The van der Waals surface area contributed by atoms with E-state index in [2.05, 4.69) is 0 Å². The van der Waals surface area contributed by atoms with Gasteiger partial charge < -0.3 is 24.1 Å². The highest BCUT2D eigenvalue weighted by Crippen LogP contribution is 2.48. The molecule has 1 unspecified atom stereocenters. The summed E-state index contributed by atoms with van der Waals surface area (Å²) >= 11 is 0. The molecule has 3 aromatic carbocycles. The zero-order valence-electron chi connectivity index (χ0n) is 24.3. The van der Waals surface area contributed by atoms with Crippen LogP contribution < -0.4 is 14.2 Å². The molecule has 0 aromatic heterocycles. The van der Waals surface area contributed by atoms with Crippen LogP contribution in [0.4, 0.5) is 0 Å². The van der Waals surface area contributed by atoms with Crippen molar-refractivity contribution in [2.24, 2.45) is 10.9 Å². The van der Waals surface area contributed by atoms with Gasteiger partial charge in [0.2, 0.25) is 0 Å². The molecule has 0 spiro atoms. The number of allylic oxidation sites excluding steroid dienone is 2. The molecule has 42 heavy (non-hydrogen) atoms. The number of carbonyl (C=O) groups is 2. The minimum atomic E-state index is -0.796. The number of ketones is 1. The molecule has 8 heteroatoms. The number of rotatable bonds is 9. The van der Waals surface area contributed by atoms with Crippen molar-refractivity contribution in [3.8, 4) is 23.0 Å². The van der Waals surface area contributed by atoms with Gasteiger partial charge in [-0.05, 0) is 60.2 Å². The van der Waals surface area contributed by atoms with Gasteiger partial charge in [0, 0.05) is 35.7 Å². The fourth-order valence-electron chi connectivity index (χ4n) is 5.96. The molecule has 3 aromatic rings. The normalized spacial score (nSPS) is 20.0. The number of hydrogen-bond acceptors (Lipinski definition) is 8. The summed E-state index contributed by atoms with van der Waals surface area (Å²) in [7, 11) is 4.63. The minimum absolute atomic E-state index is 0.0258. The third kappa shape index (κ3) is 5.75. The van der Waals surface area contributed by atoms with E-state index in [-0.39, 0.29) is 36.2 Å². The van der Waals surface area contributed by atoms with Gasteiger partial charge in [-0.3, -0.25) is 14.6 Å². The molecule has 1 heterocycles. The van der Waals surface area contributed by atoms with Crippen molar-refractivity contribution in [3.05, 3.63) is 94.7 Å². The fourth-order valence-corrected chi connectivity index (χ4v) is 5.96. The number of methoxy groups -OCH3 is 3. The molecule has 0 amide bonds. The van der Waals surface area contributed by atoms with Gasteiger partial charge in [0.05, 0.1) is 27.9 Å². The average molecular weight is 570 g/mol. The van der Waals surface area contributed by atoms with E-state index >= 15 is 0 Å². The molecule has 218 valence electrons. The van der Waals surface area contributed by atoms with Crippen LogP contribution in [-0.2, 0) is 20.7 Å². The Morgan fingerprint density at radius 1 is 0.881 bits per heavy atom. The van der Waals surface area contributed by atoms with Crippen molar-refractivity contribution in [1.29, 1.82) is 0 Å². The number of aliphatic imine (C=N–C) groups is 1. The monoisotopic (exact) mass is 569 g/mol. The van der Waals surface area contributed by atoms with Gasteiger partial charge in [0.15, 0.2) is 28.8 Å². The molecular formula is C34H35NO7. The first-order valence-corrected chi connectivity index (χ1v) is 13.9. The van der Waals surface area contributed by atoms with Crippen molar-refractivity contribution in [2.75, 3.05) is 27.9 Å². The molecule has 8 nitrogen and oxygen atoms in total. The Balaban J connectivity index is 1.50. The van der Waals surface area contributed by atoms with E-state index in [4.69, 9.17) is 23.9 Å². The fraction of sp³-hybridized carbons (Fsp3) is 0.324. The number of esters is 1. The van der Waals surface area contributed by atoms with Crippen LogP contribution in [0.3, 0.4) is 0 Å². The maximum Gasteiger partial charge on any atom is 0.315 e. The van der Waals surface area contributed by atoms with Crippen molar-refractivity contribution in [3.63, 3.8) is 0 Å². The van der Waals surface area contributed by atoms with Crippen LogP contribution in [0, 0.1) is 5.92 Å². The molecule has 0 fully saturated rings. The van der Waals surface area contributed by atoms with E-state index in [0.29, 0.717) is 46.9 Å². The Bertz CT molecular complexity index is 1540. The number of aromatic hydroxyl groups is 1. The number of phenolic OH excluding ortho intramolecular Hbond substituents is 1. The molecule has 3 atom stereocenters. The van der Waals surface area contributed by atoms with Crippen molar-refractivity contribution in [2.45, 2.75) is 38.0 Å². The van der Waals surface area contributed by atoms with E-state index in [0.717, 1.165) is 11.1 Å². The van der Waals surface area contributed by atoms with E-state index in [9.17, 15) is 14.7 Å². The van der Waals surface area contributed by atoms with E-state index in [1.165, 1.54) is 13.2 Å². The summed E-state index contributed by atoms with van der Waals surface area (Å²) in [4.78, 5) is 32.5. The smallest absolute Gasteiger partial charge is 0.315 e. The topological polar surface area (TPSA) is 104 Å². The first-order chi connectivity index (χ1) is 20.3. The number of benzene rings is 3. The highest BCUT2D eigenvalue weighted by atomic mass is 16.5. The van der Waals surface area contributed by atoms with Gasteiger partial charge in [-0.2, -0.15) is 0 Å². The number of phenols is 1. The first kappa shape index (κ1) is 28.9. The zero-order chi connectivity index (χ0) is 29.8. The molecular weight excluding hydrogens is 534 g/mol. The Morgan fingerprint density at radius 2 is 1.57 bits per heavy atom. The van der Waals surface area contributed by atoms with E-state index in [1.807, 2.05) is 55.5 Å². The second-order valence-electron chi connectivity index (χ2n) is 10.5. The summed E-state index contributed by atoms with van der Waals surface area (Å²) in [5.41, 5.74) is 4.44. The highest BCUT2D eigenvalue weighted by Gasteiger charge is 2.45. The lowest BCUT2D eigenvalue weighted by molar-refractivity contribution is -0.146. The number of ether oxygens (including phenoxy) is 4. The second kappa shape index (κ2) is 12.5. The molecule has 1 N–H and O–H groups in total. The lowest BCUT2D eigenvalue weighted by Crippen LogP contribution is -2.38. The maximum absolute atomic E-state index is 14.0. The standard InChI is InChI=1S/C34H35NO7/c1-20-31(34(38)42-15-14-21-8-6-5-7-9-21)32(23-10-12-26(36)29(19-23)40-3)33-25(35-20)16-24(17-27(33)37)22-11-13-28(39-2)30(18-22)41-4/h5-13,18-19,24,31-32,36H,14-17H2,1-4H3/t24-,31?,32+/m0/s1. The predicted octanol–water partition coefficient (Wildman–Crippen LogP) is 5.78. The highest BCUT2D eigenvalue weighted by molar-refractivity contribution is 6.09. The van der Waals surface area contributed by atoms with Crippen molar-refractivity contribution >= 4 is 17.5 Å². The summed E-state index contributed by atoms with van der Waals surface area (Å²) < 4.78 is 22.0. The number of hydrogen-bond donors (Lipinski definition) is 1. The van der Waals surface area contributed by atoms with Crippen LogP contribution in [0.25, 0.3) is 0 Å². The van der Waals surface area contributed by atoms with Crippen LogP contribution in [-0.4, -0.2) is 50.5 Å². The van der Waals surface area contributed by atoms with E-state index < -0.39 is 17.8 Å². The Hall–Kier alpha value is -4.59. The zero-order valence-corrected chi connectivity index (χ0v) is 24.3. The largest absolute Gasteiger partial charge is 0.504 e. The number of nitrogens with zero attached hydrogens (tertiary/aromatic N) is 1. The van der Waals surface area contributed by atoms with Gasteiger partial charge in [0.25, 0.3) is 0 Å². The van der Waals surface area contributed by atoms with Gasteiger partial charge in [-0.1, -0.05) is 42.5 Å². The first-order valence-electron chi connectivity index (χ1n) is 13.9. The van der Waals surface area contributed by atoms with E-state index in [1.54, 1.807) is 26.4 Å². The predicted molar refractivity (Wildman–Crippen MR) is 159 cm³/mol. The minimum Gasteiger partial charge on any atom is -0.504 e. The molecule has 1 aliphatic heterocycles. The van der Waals surface area contributed by atoms with Crippen LogP contribution in [0.1, 0.15) is 48.3 Å². The average Bonchev–Trinajstić information content (AvgIpc) is 3.00. The van der Waals surface area contributed by atoms with Gasteiger partial charge in [0.1, 0.15) is 5.92 Å². The molecule has 0 bridgehead atoms. The van der Waals surface area contributed by atoms with Crippen molar-refractivity contribution < 1.29 is 33.6 Å². The summed E-state index contributed by atoms with van der Waals surface area (Å²) in [6, 6.07) is 20.4. The third-order valence-electron chi connectivity index (χ3n) is 8.06. The van der Waals surface area contributed by atoms with Gasteiger partial charge >= 0.3 is 5.97 Å². The summed E-state index contributed by atoms with van der Waals surface area (Å²) in [5.74, 6) is -0.610. The SMILES string of the molecule is COc1cc([C@H]2C3=C(C[C@H](c4ccc(OC)c(OC)c4)CC3=O)N=C(C)C2C(=O)OCCc2ccccc2)ccc1O. The van der Waals surface area contributed by atoms with Crippen molar-refractivity contribution in [1.82, 2.24) is 0 Å².